The Kier molecular flexibility index (Phi) is 5.02. The van der Waals surface area contributed by atoms with Crippen LogP contribution in [0, 0.1) is 0 Å². The number of piperazine rings is 1. The summed E-state index contributed by atoms with van der Waals surface area (Å²) in [7, 11) is 1.62. The molecule has 0 amide bonds. The first kappa shape index (κ1) is 16.1. The maximum Gasteiger partial charge on any atom is 0.228 e. The molecule has 0 spiro atoms. The SMILES string of the molecule is COc1ccnc(N2CCN(Cc3nc(C(C)C)ns3)CC2)n1. The van der Waals surface area contributed by atoms with Crippen molar-refractivity contribution in [2.24, 2.45) is 0 Å². The molecule has 2 aromatic rings. The van der Waals surface area contributed by atoms with Gasteiger partial charge in [0.1, 0.15) is 10.8 Å². The predicted molar refractivity (Wildman–Crippen MR) is 90.1 cm³/mol. The highest BCUT2D eigenvalue weighted by molar-refractivity contribution is 7.05. The molecule has 0 radical (unpaired) electrons. The van der Waals surface area contributed by atoms with Gasteiger partial charge in [-0.15, -0.1) is 0 Å². The van der Waals surface area contributed by atoms with Gasteiger partial charge in [0, 0.05) is 44.4 Å². The standard InChI is InChI=1S/C15H22N6OS/c1-11(2)14-18-13(23-19-14)10-20-6-8-21(9-7-20)15-16-5-4-12(17-15)22-3/h4-5,11H,6-10H2,1-3H3. The van der Waals surface area contributed by atoms with Gasteiger partial charge in [0.2, 0.25) is 11.8 Å². The largest absolute Gasteiger partial charge is 0.481 e. The van der Waals surface area contributed by atoms with E-state index in [1.165, 1.54) is 11.5 Å². The molecule has 1 fully saturated rings. The van der Waals surface area contributed by atoms with Gasteiger partial charge in [-0.1, -0.05) is 13.8 Å². The summed E-state index contributed by atoms with van der Waals surface area (Å²) >= 11 is 1.52. The quantitative estimate of drug-likeness (QED) is 0.825. The van der Waals surface area contributed by atoms with E-state index in [1.807, 2.05) is 0 Å². The molecule has 0 aromatic carbocycles. The normalized spacial score (nSPS) is 16.1. The molecule has 0 bridgehead atoms. The molecule has 0 saturated carbocycles. The Hall–Kier alpha value is -1.80. The van der Waals surface area contributed by atoms with Gasteiger partial charge in [0.15, 0.2) is 0 Å². The zero-order valence-electron chi connectivity index (χ0n) is 13.8. The maximum absolute atomic E-state index is 5.17. The first-order valence-electron chi connectivity index (χ1n) is 7.82. The van der Waals surface area contributed by atoms with Gasteiger partial charge in [0.25, 0.3) is 0 Å². The van der Waals surface area contributed by atoms with E-state index in [2.05, 4.69) is 43.0 Å². The zero-order chi connectivity index (χ0) is 16.2. The molecule has 8 heteroatoms. The maximum atomic E-state index is 5.17. The number of hydrogen-bond donors (Lipinski definition) is 0. The Labute approximate surface area is 140 Å². The predicted octanol–water partition coefficient (Wildman–Crippen LogP) is 1.78. The number of rotatable bonds is 5. The van der Waals surface area contributed by atoms with Crippen molar-refractivity contribution in [3.63, 3.8) is 0 Å². The van der Waals surface area contributed by atoms with E-state index in [1.54, 1.807) is 19.4 Å². The molecule has 7 nitrogen and oxygen atoms in total. The van der Waals surface area contributed by atoms with E-state index in [9.17, 15) is 0 Å². The van der Waals surface area contributed by atoms with Gasteiger partial charge in [-0.25, -0.2) is 9.97 Å². The molecule has 2 aromatic heterocycles. The van der Waals surface area contributed by atoms with Crippen LogP contribution in [0.3, 0.4) is 0 Å². The summed E-state index contributed by atoms with van der Waals surface area (Å²) in [5, 5.41) is 1.10. The summed E-state index contributed by atoms with van der Waals surface area (Å²) in [5.74, 6) is 2.69. The lowest BCUT2D eigenvalue weighted by Gasteiger charge is -2.34. The molecular weight excluding hydrogens is 312 g/mol. The minimum absolute atomic E-state index is 0.391. The van der Waals surface area contributed by atoms with Crippen molar-refractivity contribution < 1.29 is 4.74 Å². The number of methoxy groups -OCH3 is 1. The van der Waals surface area contributed by atoms with Crippen molar-refractivity contribution >= 4 is 17.5 Å². The molecule has 0 aliphatic carbocycles. The van der Waals surface area contributed by atoms with Gasteiger partial charge >= 0.3 is 0 Å². The zero-order valence-corrected chi connectivity index (χ0v) is 14.6. The number of nitrogens with zero attached hydrogens (tertiary/aromatic N) is 6. The van der Waals surface area contributed by atoms with Crippen molar-refractivity contribution in [1.82, 2.24) is 24.2 Å². The molecule has 23 heavy (non-hydrogen) atoms. The van der Waals surface area contributed by atoms with E-state index in [0.717, 1.165) is 49.5 Å². The van der Waals surface area contributed by atoms with E-state index in [4.69, 9.17) is 4.74 Å². The van der Waals surface area contributed by atoms with Crippen molar-refractivity contribution in [3.8, 4) is 5.88 Å². The van der Waals surface area contributed by atoms with E-state index in [-0.39, 0.29) is 0 Å². The molecule has 3 rings (SSSR count). The first-order valence-corrected chi connectivity index (χ1v) is 8.60. The Morgan fingerprint density at radius 3 is 2.65 bits per heavy atom. The molecule has 1 saturated heterocycles. The van der Waals surface area contributed by atoms with Crippen LogP contribution in [0.2, 0.25) is 0 Å². The number of hydrogen-bond acceptors (Lipinski definition) is 8. The monoisotopic (exact) mass is 334 g/mol. The number of anilines is 1. The van der Waals surface area contributed by atoms with E-state index in [0.29, 0.717) is 11.8 Å². The van der Waals surface area contributed by atoms with Crippen LogP contribution in [0.4, 0.5) is 5.95 Å². The molecule has 1 aliphatic heterocycles. The summed E-state index contributed by atoms with van der Waals surface area (Å²) in [4.78, 5) is 18.0. The van der Waals surface area contributed by atoms with Crippen molar-refractivity contribution in [2.75, 3.05) is 38.2 Å². The lowest BCUT2D eigenvalue weighted by molar-refractivity contribution is 0.248. The fraction of sp³-hybridized carbons (Fsp3) is 0.600. The van der Waals surface area contributed by atoms with Crippen LogP contribution >= 0.6 is 11.5 Å². The van der Waals surface area contributed by atoms with Crippen LogP contribution in [0.1, 0.15) is 30.6 Å². The molecule has 3 heterocycles. The summed E-state index contributed by atoms with van der Waals surface area (Å²) in [5.41, 5.74) is 0. The van der Waals surface area contributed by atoms with Crippen LogP contribution in [0.15, 0.2) is 12.3 Å². The third kappa shape index (κ3) is 3.94. The highest BCUT2D eigenvalue weighted by Crippen LogP contribution is 2.18. The van der Waals surface area contributed by atoms with Crippen molar-refractivity contribution in [2.45, 2.75) is 26.3 Å². The van der Waals surface area contributed by atoms with Gasteiger partial charge in [-0.05, 0) is 11.5 Å². The topological polar surface area (TPSA) is 67.3 Å². The van der Waals surface area contributed by atoms with Crippen LogP contribution in [0.5, 0.6) is 5.88 Å². The third-order valence-electron chi connectivity index (χ3n) is 3.84. The Morgan fingerprint density at radius 1 is 1.22 bits per heavy atom. The summed E-state index contributed by atoms with van der Waals surface area (Å²) in [6, 6.07) is 1.77. The lowest BCUT2D eigenvalue weighted by Crippen LogP contribution is -2.46. The van der Waals surface area contributed by atoms with Crippen molar-refractivity contribution in [3.05, 3.63) is 23.1 Å². The lowest BCUT2D eigenvalue weighted by atomic mass is 10.2. The van der Waals surface area contributed by atoms with Crippen molar-refractivity contribution in [1.29, 1.82) is 0 Å². The first-order chi connectivity index (χ1) is 11.2. The molecular formula is C15H22N6OS. The highest BCUT2D eigenvalue weighted by atomic mass is 32.1. The van der Waals surface area contributed by atoms with Gasteiger partial charge < -0.3 is 9.64 Å². The highest BCUT2D eigenvalue weighted by Gasteiger charge is 2.20. The fourth-order valence-electron chi connectivity index (χ4n) is 2.46. The van der Waals surface area contributed by atoms with Crippen LogP contribution in [-0.2, 0) is 6.54 Å². The Morgan fingerprint density at radius 2 is 2.00 bits per heavy atom. The van der Waals surface area contributed by atoms with Crippen LogP contribution in [0.25, 0.3) is 0 Å². The van der Waals surface area contributed by atoms with Gasteiger partial charge in [-0.2, -0.15) is 9.36 Å². The minimum atomic E-state index is 0.391. The second-order valence-electron chi connectivity index (χ2n) is 5.86. The fourth-order valence-corrected chi connectivity index (χ4v) is 3.29. The second-order valence-corrected chi connectivity index (χ2v) is 6.70. The van der Waals surface area contributed by atoms with Crippen LogP contribution in [-0.4, -0.2) is 57.5 Å². The van der Waals surface area contributed by atoms with E-state index < -0.39 is 0 Å². The average molecular weight is 334 g/mol. The number of ether oxygens (including phenoxy) is 1. The Balaban J connectivity index is 1.55. The summed E-state index contributed by atoms with van der Waals surface area (Å²) in [6.45, 7) is 8.87. The summed E-state index contributed by atoms with van der Waals surface area (Å²) in [6.07, 6.45) is 1.74. The average Bonchev–Trinajstić information content (AvgIpc) is 3.04. The van der Waals surface area contributed by atoms with Gasteiger partial charge in [0.05, 0.1) is 13.7 Å². The van der Waals surface area contributed by atoms with Crippen LogP contribution < -0.4 is 9.64 Å². The molecule has 0 atom stereocenters. The molecule has 1 aliphatic rings. The van der Waals surface area contributed by atoms with E-state index >= 15 is 0 Å². The van der Waals surface area contributed by atoms with Gasteiger partial charge in [-0.3, -0.25) is 4.90 Å². The Bertz CT molecular complexity index is 638. The molecule has 124 valence electrons. The third-order valence-corrected chi connectivity index (χ3v) is 4.55. The summed E-state index contributed by atoms with van der Waals surface area (Å²) < 4.78 is 9.59. The number of aromatic nitrogens is 4. The second kappa shape index (κ2) is 7.18. The smallest absolute Gasteiger partial charge is 0.228 e. The molecule has 0 unspecified atom stereocenters. The molecule has 0 N–H and O–H groups in total. The minimum Gasteiger partial charge on any atom is -0.481 e.